The molecule has 0 radical (unpaired) electrons. The molecule has 0 spiro atoms. The number of aromatic amines is 1. The molecule has 0 atom stereocenters. The molecule has 0 unspecified atom stereocenters. The standard InChI is InChI=1S/C21H19N3O3S/c1-26-15-8-14(9-16(10-15)27-2)22-11-18-23-20(25)19-17(12-28-21(19)24-18)13-6-4-3-5-7-13/h3-10,12,22H,11H2,1-2H3,(H,23,24,25). The molecule has 2 heterocycles. The Balaban J connectivity index is 1.62. The molecular formula is C21H19N3O3S. The summed E-state index contributed by atoms with van der Waals surface area (Å²) < 4.78 is 10.6. The van der Waals surface area contributed by atoms with Crippen LogP contribution in [0.1, 0.15) is 5.82 Å². The van der Waals surface area contributed by atoms with Crippen LogP contribution in [-0.2, 0) is 6.54 Å². The first-order valence-electron chi connectivity index (χ1n) is 8.70. The Morgan fingerprint density at radius 2 is 1.79 bits per heavy atom. The molecule has 6 nitrogen and oxygen atoms in total. The smallest absolute Gasteiger partial charge is 0.260 e. The second kappa shape index (κ2) is 7.74. The summed E-state index contributed by atoms with van der Waals surface area (Å²) in [5.74, 6) is 1.94. The minimum absolute atomic E-state index is 0.134. The molecule has 0 amide bonds. The maximum absolute atomic E-state index is 12.7. The van der Waals surface area contributed by atoms with Gasteiger partial charge in [-0.3, -0.25) is 4.79 Å². The highest BCUT2D eigenvalue weighted by Gasteiger charge is 2.13. The van der Waals surface area contributed by atoms with Crippen LogP contribution in [0.4, 0.5) is 5.69 Å². The van der Waals surface area contributed by atoms with Crippen LogP contribution in [0.25, 0.3) is 21.3 Å². The first-order valence-corrected chi connectivity index (χ1v) is 9.58. The lowest BCUT2D eigenvalue weighted by Gasteiger charge is -2.10. The van der Waals surface area contributed by atoms with E-state index in [0.717, 1.165) is 21.6 Å². The molecule has 142 valence electrons. The van der Waals surface area contributed by atoms with Crippen molar-refractivity contribution in [3.05, 3.63) is 70.1 Å². The number of benzene rings is 2. The van der Waals surface area contributed by atoms with Crippen LogP contribution in [0.3, 0.4) is 0 Å². The zero-order valence-electron chi connectivity index (χ0n) is 15.5. The summed E-state index contributed by atoms with van der Waals surface area (Å²) in [4.78, 5) is 20.9. The minimum Gasteiger partial charge on any atom is -0.497 e. The van der Waals surface area contributed by atoms with Crippen molar-refractivity contribution < 1.29 is 9.47 Å². The van der Waals surface area contributed by atoms with Gasteiger partial charge in [0.25, 0.3) is 5.56 Å². The maximum Gasteiger partial charge on any atom is 0.260 e. The second-order valence-corrected chi connectivity index (χ2v) is 7.02. The zero-order valence-corrected chi connectivity index (χ0v) is 16.3. The number of rotatable bonds is 6. The lowest BCUT2D eigenvalue weighted by molar-refractivity contribution is 0.394. The number of H-pyrrole nitrogens is 1. The predicted molar refractivity (Wildman–Crippen MR) is 113 cm³/mol. The van der Waals surface area contributed by atoms with E-state index in [1.165, 1.54) is 11.3 Å². The van der Waals surface area contributed by atoms with E-state index in [1.54, 1.807) is 20.3 Å². The molecule has 0 saturated heterocycles. The van der Waals surface area contributed by atoms with Gasteiger partial charge in [0.15, 0.2) is 0 Å². The molecule has 0 aliphatic heterocycles. The molecule has 7 heteroatoms. The van der Waals surface area contributed by atoms with E-state index in [1.807, 2.05) is 47.8 Å². The Morgan fingerprint density at radius 3 is 2.46 bits per heavy atom. The monoisotopic (exact) mass is 393 g/mol. The predicted octanol–water partition coefficient (Wildman–Crippen LogP) is 4.28. The Hall–Kier alpha value is -3.32. The van der Waals surface area contributed by atoms with Gasteiger partial charge in [-0.1, -0.05) is 30.3 Å². The lowest BCUT2D eigenvalue weighted by atomic mass is 10.1. The molecule has 0 bridgehead atoms. The fourth-order valence-electron chi connectivity index (χ4n) is 3.00. The summed E-state index contributed by atoms with van der Waals surface area (Å²) in [5, 5.41) is 5.86. The van der Waals surface area contributed by atoms with Gasteiger partial charge in [-0.05, 0) is 5.56 Å². The molecule has 2 N–H and O–H groups in total. The molecule has 4 aromatic rings. The SMILES string of the molecule is COc1cc(NCc2nc3scc(-c4ccccc4)c3c(=O)[nH]2)cc(OC)c1. The van der Waals surface area contributed by atoms with Crippen LogP contribution in [-0.4, -0.2) is 24.2 Å². The normalized spacial score (nSPS) is 10.8. The van der Waals surface area contributed by atoms with Gasteiger partial charge in [0, 0.05) is 34.8 Å². The molecular weight excluding hydrogens is 374 g/mol. The lowest BCUT2D eigenvalue weighted by Crippen LogP contribution is -2.14. The molecule has 0 saturated carbocycles. The van der Waals surface area contributed by atoms with Crippen LogP contribution >= 0.6 is 11.3 Å². The van der Waals surface area contributed by atoms with Crippen LogP contribution in [0.15, 0.2) is 58.7 Å². The summed E-state index contributed by atoms with van der Waals surface area (Å²) in [7, 11) is 3.21. The van der Waals surface area contributed by atoms with E-state index in [-0.39, 0.29) is 5.56 Å². The van der Waals surface area contributed by atoms with Gasteiger partial charge in [0.1, 0.15) is 22.2 Å². The van der Waals surface area contributed by atoms with Gasteiger partial charge in [0.2, 0.25) is 0 Å². The van der Waals surface area contributed by atoms with Crippen molar-refractivity contribution in [1.29, 1.82) is 0 Å². The Labute approximate surface area is 165 Å². The van der Waals surface area contributed by atoms with Crippen LogP contribution in [0.2, 0.25) is 0 Å². The van der Waals surface area contributed by atoms with Crippen LogP contribution in [0, 0.1) is 0 Å². The van der Waals surface area contributed by atoms with E-state index in [0.29, 0.717) is 29.3 Å². The summed E-state index contributed by atoms with van der Waals surface area (Å²) in [6, 6.07) is 15.4. The number of thiophene rings is 1. The van der Waals surface area contributed by atoms with E-state index in [2.05, 4.69) is 15.3 Å². The van der Waals surface area contributed by atoms with Crippen LogP contribution in [0.5, 0.6) is 11.5 Å². The van der Waals surface area contributed by atoms with Gasteiger partial charge in [-0.2, -0.15) is 0 Å². The number of aromatic nitrogens is 2. The van der Waals surface area contributed by atoms with Gasteiger partial charge in [0.05, 0.1) is 26.2 Å². The van der Waals surface area contributed by atoms with Crippen molar-refractivity contribution in [3.63, 3.8) is 0 Å². The van der Waals surface area contributed by atoms with Gasteiger partial charge >= 0.3 is 0 Å². The van der Waals surface area contributed by atoms with Crippen molar-refractivity contribution in [2.45, 2.75) is 6.54 Å². The third kappa shape index (κ3) is 3.57. The number of nitrogens with one attached hydrogen (secondary N) is 2. The first-order chi connectivity index (χ1) is 13.7. The average Bonchev–Trinajstić information content (AvgIpc) is 3.17. The van der Waals surface area contributed by atoms with Gasteiger partial charge < -0.3 is 19.8 Å². The van der Waals surface area contributed by atoms with Crippen LogP contribution < -0.4 is 20.3 Å². The first kappa shape index (κ1) is 18.1. The van der Waals surface area contributed by atoms with Gasteiger partial charge in [-0.25, -0.2) is 4.98 Å². The molecule has 2 aromatic carbocycles. The molecule has 4 rings (SSSR count). The average molecular weight is 393 g/mol. The minimum atomic E-state index is -0.134. The van der Waals surface area contributed by atoms with Gasteiger partial charge in [-0.15, -0.1) is 11.3 Å². The highest BCUT2D eigenvalue weighted by molar-refractivity contribution is 7.17. The quantitative estimate of drug-likeness (QED) is 0.511. The largest absolute Gasteiger partial charge is 0.497 e. The number of ether oxygens (including phenoxy) is 2. The topological polar surface area (TPSA) is 76.2 Å². The highest BCUT2D eigenvalue weighted by Crippen LogP contribution is 2.30. The maximum atomic E-state index is 12.7. The fourth-order valence-corrected chi connectivity index (χ4v) is 3.97. The van der Waals surface area contributed by atoms with Crippen molar-refractivity contribution >= 4 is 27.2 Å². The number of nitrogens with zero attached hydrogens (tertiary/aromatic N) is 1. The third-order valence-electron chi connectivity index (χ3n) is 4.39. The molecule has 28 heavy (non-hydrogen) atoms. The highest BCUT2D eigenvalue weighted by atomic mass is 32.1. The number of fused-ring (bicyclic) bond motifs is 1. The molecule has 0 aliphatic rings. The van der Waals surface area contributed by atoms with Crippen molar-refractivity contribution in [1.82, 2.24) is 9.97 Å². The second-order valence-electron chi connectivity index (χ2n) is 6.16. The molecule has 0 aliphatic carbocycles. The van der Waals surface area contributed by atoms with E-state index in [4.69, 9.17) is 9.47 Å². The Kier molecular flexibility index (Phi) is 4.99. The van der Waals surface area contributed by atoms with Crippen molar-refractivity contribution in [3.8, 4) is 22.6 Å². The fraction of sp³-hybridized carbons (Fsp3) is 0.143. The number of methoxy groups -OCH3 is 2. The summed E-state index contributed by atoms with van der Waals surface area (Å²) in [5.41, 5.74) is 2.60. The molecule has 2 aromatic heterocycles. The van der Waals surface area contributed by atoms with Crippen molar-refractivity contribution in [2.24, 2.45) is 0 Å². The Bertz CT molecular complexity index is 1150. The Morgan fingerprint density at radius 1 is 1.07 bits per heavy atom. The number of hydrogen-bond donors (Lipinski definition) is 2. The zero-order chi connectivity index (χ0) is 19.5. The molecule has 0 fully saturated rings. The van der Waals surface area contributed by atoms with E-state index < -0.39 is 0 Å². The van der Waals surface area contributed by atoms with E-state index in [9.17, 15) is 4.79 Å². The van der Waals surface area contributed by atoms with E-state index >= 15 is 0 Å². The summed E-state index contributed by atoms with van der Waals surface area (Å²) in [6.45, 7) is 0.375. The summed E-state index contributed by atoms with van der Waals surface area (Å²) >= 11 is 1.47. The summed E-state index contributed by atoms with van der Waals surface area (Å²) in [6.07, 6.45) is 0. The number of hydrogen-bond acceptors (Lipinski definition) is 6. The van der Waals surface area contributed by atoms with Crippen molar-refractivity contribution in [2.75, 3.05) is 19.5 Å². The number of anilines is 1. The third-order valence-corrected chi connectivity index (χ3v) is 5.26.